The summed E-state index contributed by atoms with van der Waals surface area (Å²) in [5.74, 6) is 1.63. The SMILES string of the molecule is c1ccc(-n2c(-c3ccc4c5c3oc3c(-c6nc7ccccc7n6-c6ccccc6)ccc(c35)C(c3ccccc3)(c3ccccc3)c3ccccc3-4)nc3ccccc32)cc1. The molecule has 0 fully saturated rings. The molecule has 5 nitrogen and oxygen atoms in total. The van der Waals surface area contributed by atoms with Crippen molar-refractivity contribution in [3.8, 4) is 45.3 Å². The Labute approximate surface area is 357 Å². The zero-order valence-electron chi connectivity index (χ0n) is 33.5. The molecule has 0 saturated carbocycles. The largest absolute Gasteiger partial charge is 0.454 e. The molecule has 290 valence electrons. The van der Waals surface area contributed by atoms with E-state index >= 15 is 0 Å². The van der Waals surface area contributed by atoms with E-state index in [9.17, 15) is 0 Å². The summed E-state index contributed by atoms with van der Waals surface area (Å²) < 4.78 is 12.2. The number of hydrogen-bond donors (Lipinski definition) is 0. The van der Waals surface area contributed by atoms with Gasteiger partial charge in [0.1, 0.15) is 22.8 Å². The summed E-state index contributed by atoms with van der Waals surface area (Å²) in [6, 6.07) is 77.8. The number of nitrogens with zero attached hydrogens (tertiary/aromatic N) is 4. The number of rotatable bonds is 6. The van der Waals surface area contributed by atoms with Crippen molar-refractivity contribution in [1.82, 2.24) is 19.1 Å². The number of hydrogen-bond acceptors (Lipinski definition) is 3. The van der Waals surface area contributed by atoms with E-state index in [-0.39, 0.29) is 0 Å². The molecule has 9 aromatic carbocycles. The van der Waals surface area contributed by atoms with E-state index in [1.54, 1.807) is 0 Å². The standard InChI is InChI=1S/C57H36N4O/c1-5-19-37(20-6-1)57(38-21-7-2-8-22-38)45-28-14-13-27-41(45)42-33-34-43(55-58-47-29-15-17-31-49(47)60(55)39-23-9-3-10-24-39)53-51(42)52-46(57)36-35-44(54(52)62-53)56-59-48-30-16-18-32-50(48)61(56)40-25-11-4-12-26-40/h1-36H. The summed E-state index contributed by atoms with van der Waals surface area (Å²) in [6.07, 6.45) is 0. The maximum absolute atomic E-state index is 7.63. The van der Waals surface area contributed by atoms with Crippen LogP contribution in [0.3, 0.4) is 0 Å². The summed E-state index contributed by atoms with van der Waals surface area (Å²) in [5, 5.41) is 2.12. The van der Waals surface area contributed by atoms with Crippen molar-refractivity contribution in [3.05, 3.63) is 241 Å². The first kappa shape index (κ1) is 34.6. The molecule has 0 unspecified atom stereocenters. The van der Waals surface area contributed by atoms with Crippen LogP contribution in [0.2, 0.25) is 0 Å². The normalized spacial score (nSPS) is 13.0. The highest BCUT2D eigenvalue weighted by molar-refractivity contribution is 6.21. The molecule has 1 aliphatic carbocycles. The van der Waals surface area contributed by atoms with Crippen molar-refractivity contribution in [3.63, 3.8) is 0 Å². The van der Waals surface area contributed by atoms with Crippen LogP contribution in [-0.2, 0) is 5.41 Å². The van der Waals surface area contributed by atoms with Gasteiger partial charge in [0.15, 0.2) is 0 Å². The van der Waals surface area contributed by atoms with Gasteiger partial charge >= 0.3 is 0 Å². The number of benzene rings is 9. The zero-order valence-corrected chi connectivity index (χ0v) is 33.5. The van der Waals surface area contributed by atoms with E-state index in [0.717, 1.165) is 94.8 Å². The van der Waals surface area contributed by atoms with Gasteiger partial charge in [0, 0.05) is 22.1 Å². The lowest BCUT2D eigenvalue weighted by Crippen LogP contribution is -2.31. The van der Waals surface area contributed by atoms with Crippen molar-refractivity contribution in [1.29, 1.82) is 0 Å². The Morgan fingerprint density at radius 2 is 0.774 bits per heavy atom. The van der Waals surface area contributed by atoms with Crippen LogP contribution in [0, 0.1) is 0 Å². The quantitative estimate of drug-likeness (QED) is 0.168. The van der Waals surface area contributed by atoms with Crippen LogP contribution in [0.4, 0.5) is 0 Å². The number of imidazole rings is 2. The first-order chi connectivity index (χ1) is 30.8. The van der Waals surface area contributed by atoms with Crippen molar-refractivity contribution < 1.29 is 4.42 Å². The molecule has 12 aromatic rings. The smallest absolute Gasteiger partial charge is 0.149 e. The van der Waals surface area contributed by atoms with Gasteiger partial charge in [-0.05, 0) is 94.0 Å². The lowest BCUT2D eigenvalue weighted by atomic mass is 9.63. The van der Waals surface area contributed by atoms with Crippen LogP contribution >= 0.6 is 0 Å². The Balaban J connectivity index is 1.24. The van der Waals surface area contributed by atoms with E-state index in [1.807, 2.05) is 0 Å². The third-order valence-corrected chi connectivity index (χ3v) is 12.8. The van der Waals surface area contributed by atoms with Crippen molar-refractivity contribution in [2.75, 3.05) is 0 Å². The Morgan fingerprint density at radius 1 is 0.339 bits per heavy atom. The van der Waals surface area contributed by atoms with E-state index < -0.39 is 5.41 Å². The van der Waals surface area contributed by atoms with E-state index in [2.05, 4.69) is 228 Å². The molecule has 0 amide bonds. The Bertz CT molecular complexity index is 3640. The fraction of sp³-hybridized carbons (Fsp3) is 0.0175. The summed E-state index contributed by atoms with van der Waals surface area (Å²) >= 11 is 0. The van der Waals surface area contributed by atoms with Gasteiger partial charge in [0.2, 0.25) is 0 Å². The summed E-state index contributed by atoms with van der Waals surface area (Å²) in [7, 11) is 0. The number of para-hydroxylation sites is 6. The molecule has 0 saturated heterocycles. The number of furan rings is 1. The van der Waals surface area contributed by atoms with Crippen LogP contribution in [0.25, 0.3) is 89.3 Å². The van der Waals surface area contributed by atoms with Gasteiger partial charge < -0.3 is 4.42 Å². The molecule has 0 N–H and O–H groups in total. The lowest BCUT2D eigenvalue weighted by Gasteiger charge is -2.37. The highest BCUT2D eigenvalue weighted by Crippen LogP contribution is 2.57. The number of aromatic nitrogens is 4. The van der Waals surface area contributed by atoms with Crippen LogP contribution in [-0.4, -0.2) is 19.1 Å². The second-order valence-electron chi connectivity index (χ2n) is 16.0. The van der Waals surface area contributed by atoms with Gasteiger partial charge in [0.25, 0.3) is 0 Å². The van der Waals surface area contributed by atoms with Gasteiger partial charge in [-0.25, -0.2) is 9.97 Å². The second kappa shape index (κ2) is 13.4. The maximum atomic E-state index is 7.63. The van der Waals surface area contributed by atoms with Crippen molar-refractivity contribution in [2.24, 2.45) is 0 Å². The Hall–Kier alpha value is -8.28. The average Bonchev–Trinajstić information content (AvgIpc) is 4.04. The first-order valence-electron chi connectivity index (χ1n) is 21.1. The molecule has 3 heterocycles. The van der Waals surface area contributed by atoms with Crippen LogP contribution in [0.5, 0.6) is 0 Å². The van der Waals surface area contributed by atoms with Crippen LogP contribution in [0.1, 0.15) is 22.3 Å². The van der Waals surface area contributed by atoms with E-state index in [4.69, 9.17) is 14.4 Å². The van der Waals surface area contributed by atoms with Gasteiger partial charge in [0.05, 0.1) is 38.6 Å². The molecular weight excluding hydrogens is 757 g/mol. The first-order valence-corrected chi connectivity index (χ1v) is 21.1. The highest BCUT2D eigenvalue weighted by Gasteiger charge is 2.45. The van der Waals surface area contributed by atoms with Crippen molar-refractivity contribution in [2.45, 2.75) is 5.41 Å². The molecule has 0 aliphatic heterocycles. The average molecular weight is 793 g/mol. The minimum atomic E-state index is -0.720. The van der Waals surface area contributed by atoms with E-state index in [0.29, 0.717) is 0 Å². The topological polar surface area (TPSA) is 48.8 Å². The minimum Gasteiger partial charge on any atom is -0.454 e. The fourth-order valence-corrected chi connectivity index (χ4v) is 10.3. The lowest BCUT2D eigenvalue weighted by molar-refractivity contribution is 0.668. The summed E-state index contributed by atoms with van der Waals surface area (Å²) in [5.41, 5.74) is 15.6. The molecule has 5 heteroatoms. The predicted octanol–water partition coefficient (Wildman–Crippen LogP) is 14.0. The molecule has 0 bridgehead atoms. The highest BCUT2D eigenvalue weighted by atomic mass is 16.3. The van der Waals surface area contributed by atoms with Crippen LogP contribution in [0.15, 0.2) is 223 Å². The minimum absolute atomic E-state index is 0.720. The molecule has 3 aromatic heterocycles. The molecule has 13 rings (SSSR count). The van der Waals surface area contributed by atoms with Gasteiger partial charge in [-0.2, -0.15) is 0 Å². The molecule has 0 atom stereocenters. The van der Waals surface area contributed by atoms with E-state index in [1.165, 1.54) is 16.7 Å². The predicted molar refractivity (Wildman–Crippen MR) is 251 cm³/mol. The van der Waals surface area contributed by atoms with Crippen molar-refractivity contribution >= 4 is 44.0 Å². The molecular formula is C57H36N4O. The summed E-state index contributed by atoms with van der Waals surface area (Å²) in [4.78, 5) is 10.8. The Morgan fingerprint density at radius 3 is 1.34 bits per heavy atom. The van der Waals surface area contributed by atoms with Gasteiger partial charge in [-0.1, -0.05) is 158 Å². The molecule has 0 spiro atoms. The van der Waals surface area contributed by atoms with Crippen LogP contribution < -0.4 is 0 Å². The second-order valence-corrected chi connectivity index (χ2v) is 16.0. The summed E-state index contributed by atoms with van der Waals surface area (Å²) in [6.45, 7) is 0. The fourth-order valence-electron chi connectivity index (χ4n) is 10.3. The van der Waals surface area contributed by atoms with Gasteiger partial charge in [-0.15, -0.1) is 0 Å². The monoisotopic (exact) mass is 792 g/mol. The third kappa shape index (κ3) is 4.79. The molecule has 62 heavy (non-hydrogen) atoms. The Kier molecular flexibility index (Phi) is 7.45. The maximum Gasteiger partial charge on any atom is 0.149 e. The molecule has 0 radical (unpaired) electrons. The zero-order chi connectivity index (χ0) is 40.8. The third-order valence-electron chi connectivity index (χ3n) is 12.8. The number of fused-ring (bicyclic) bond motifs is 4. The van der Waals surface area contributed by atoms with Gasteiger partial charge in [-0.3, -0.25) is 9.13 Å². The molecule has 1 aliphatic rings.